The number of carbonyl (C=O) groups excluding carboxylic acids is 1. The lowest BCUT2D eigenvalue weighted by molar-refractivity contribution is 0.0951. The van der Waals surface area contributed by atoms with Crippen molar-refractivity contribution in [1.29, 1.82) is 0 Å². The number of hydrogen-bond donors (Lipinski definition) is 2. The number of aliphatic imine (C=N–C) groups is 1. The van der Waals surface area contributed by atoms with Crippen molar-refractivity contribution in [3.63, 3.8) is 0 Å². The van der Waals surface area contributed by atoms with Crippen LogP contribution in [0.1, 0.15) is 15.9 Å². The Morgan fingerprint density at radius 2 is 1.90 bits per heavy atom. The first-order valence-corrected chi connectivity index (χ1v) is 12.1. The first kappa shape index (κ1) is 19.3. The van der Waals surface area contributed by atoms with E-state index in [0.29, 0.717) is 23.6 Å². The maximum atomic E-state index is 12.4. The molecule has 156 valence electrons. The van der Waals surface area contributed by atoms with E-state index >= 15 is 0 Å². The summed E-state index contributed by atoms with van der Waals surface area (Å²) in [6.07, 6.45) is 0. The van der Waals surface area contributed by atoms with Crippen molar-refractivity contribution in [1.82, 2.24) is 5.32 Å². The number of nitrogens with zero attached hydrogens (tertiary/aromatic N) is 1. The number of amidine groups is 1. The van der Waals surface area contributed by atoms with Gasteiger partial charge >= 0.3 is 0 Å². The van der Waals surface area contributed by atoms with Crippen LogP contribution in [0.15, 0.2) is 47.5 Å². The predicted octanol–water partition coefficient (Wildman–Crippen LogP) is 2.03. The number of ether oxygens (including phenoxy) is 2. The first-order chi connectivity index (χ1) is 14.4. The van der Waals surface area contributed by atoms with Crippen molar-refractivity contribution >= 4 is 38.4 Å². The molecule has 0 bridgehead atoms. The molecule has 8 nitrogen and oxygen atoms in total. The second kappa shape index (κ2) is 7.51. The van der Waals surface area contributed by atoms with Gasteiger partial charge in [-0.05, 0) is 42.0 Å². The van der Waals surface area contributed by atoms with Crippen LogP contribution in [0.2, 0.25) is 0 Å². The van der Waals surface area contributed by atoms with E-state index in [1.807, 2.05) is 30.3 Å². The minimum Gasteiger partial charge on any atom is -0.454 e. The summed E-state index contributed by atoms with van der Waals surface area (Å²) in [4.78, 5) is 16.9. The minimum atomic E-state index is -2.96. The van der Waals surface area contributed by atoms with Gasteiger partial charge in [0.25, 0.3) is 5.91 Å². The summed E-state index contributed by atoms with van der Waals surface area (Å²) in [6, 6.07) is 12.5. The zero-order chi connectivity index (χ0) is 20.7. The van der Waals surface area contributed by atoms with E-state index in [4.69, 9.17) is 9.47 Å². The number of nitrogens with one attached hydrogen (secondary N) is 2. The zero-order valence-corrected chi connectivity index (χ0v) is 17.5. The molecule has 2 aromatic rings. The van der Waals surface area contributed by atoms with Crippen molar-refractivity contribution in [3.05, 3.63) is 53.6 Å². The standard InChI is InChI=1S/C20H19N3O5S2/c24-19(21-8-12-1-6-16-17(7-12)28-11-27-16)13-2-4-14(5-3-13)22-20-23-15-9-30(25,26)10-18(15)29-20/h1-7,15,18H,8-11H2,(H,21,24)(H,22,23)/t15-,18+/m0/s1. The summed E-state index contributed by atoms with van der Waals surface area (Å²) in [5.41, 5.74) is 2.27. The maximum Gasteiger partial charge on any atom is 0.251 e. The average Bonchev–Trinajstić information content (AvgIpc) is 3.38. The Morgan fingerprint density at radius 1 is 1.10 bits per heavy atom. The van der Waals surface area contributed by atoms with Crippen LogP contribution in [0.3, 0.4) is 0 Å². The normalized spacial score (nSPS) is 23.0. The van der Waals surface area contributed by atoms with E-state index in [-0.39, 0.29) is 35.5 Å². The van der Waals surface area contributed by atoms with Crippen LogP contribution in [0, 0.1) is 0 Å². The number of rotatable bonds is 4. The van der Waals surface area contributed by atoms with Crippen molar-refractivity contribution in [2.45, 2.75) is 17.8 Å². The Balaban J connectivity index is 1.17. The van der Waals surface area contributed by atoms with Crippen molar-refractivity contribution in [2.75, 3.05) is 23.6 Å². The highest BCUT2D eigenvalue weighted by molar-refractivity contribution is 8.15. The van der Waals surface area contributed by atoms with Gasteiger partial charge in [0.2, 0.25) is 6.79 Å². The maximum absolute atomic E-state index is 12.4. The molecule has 5 rings (SSSR count). The second-order valence-electron chi connectivity index (χ2n) is 7.31. The van der Waals surface area contributed by atoms with E-state index < -0.39 is 9.84 Å². The summed E-state index contributed by atoms with van der Waals surface area (Å²) in [7, 11) is -2.96. The molecule has 0 aliphatic carbocycles. The average molecular weight is 446 g/mol. The summed E-state index contributed by atoms with van der Waals surface area (Å²) >= 11 is 1.46. The van der Waals surface area contributed by atoms with Gasteiger partial charge in [0.05, 0.1) is 17.5 Å². The number of thioether (sulfide) groups is 1. The number of hydrogen-bond acceptors (Lipinski definition) is 8. The molecule has 30 heavy (non-hydrogen) atoms. The van der Waals surface area contributed by atoms with E-state index in [2.05, 4.69) is 15.6 Å². The van der Waals surface area contributed by atoms with E-state index in [0.717, 1.165) is 16.4 Å². The molecule has 1 fully saturated rings. The Hall–Kier alpha value is -2.72. The molecule has 1 amide bonds. The summed E-state index contributed by atoms with van der Waals surface area (Å²) < 4.78 is 33.9. The smallest absolute Gasteiger partial charge is 0.251 e. The third-order valence-corrected chi connectivity index (χ3v) is 8.25. The quantitative estimate of drug-likeness (QED) is 0.742. The molecule has 3 aliphatic rings. The number of amides is 1. The van der Waals surface area contributed by atoms with Gasteiger partial charge in [-0.3, -0.25) is 9.79 Å². The first-order valence-electron chi connectivity index (χ1n) is 9.44. The molecule has 0 saturated carbocycles. The zero-order valence-electron chi connectivity index (χ0n) is 15.8. The van der Waals surface area contributed by atoms with Gasteiger partial charge in [0.15, 0.2) is 26.5 Å². The van der Waals surface area contributed by atoms with Crippen molar-refractivity contribution in [3.8, 4) is 11.5 Å². The van der Waals surface area contributed by atoms with Crippen LogP contribution in [0.25, 0.3) is 0 Å². The van der Waals surface area contributed by atoms with Crippen LogP contribution >= 0.6 is 11.8 Å². The fraction of sp³-hybridized carbons (Fsp3) is 0.300. The van der Waals surface area contributed by atoms with Crippen molar-refractivity contribution < 1.29 is 22.7 Å². The topological polar surface area (TPSA) is 106 Å². The predicted molar refractivity (Wildman–Crippen MR) is 115 cm³/mol. The molecule has 3 heterocycles. The van der Waals surface area contributed by atoms with Crippen LogP contribution in [0.4, 0.5) is 5.69 Å². The molecule has 0 spiro atoms. The van der Waals surface area contributed by atoms with Gasteiger partial charge in [0.1, 0.15) is 0 Å². The Labute approximate surface area is 178 Å². The van der Waals surface area contributed by atoms with E-state index in [1.54, 1.807) is 12.1 Å². The fourth-order valence-electron chi connectivity index (χ4n) is 3.58. The number of carbonyl (C=O) groups is 1. The Bertz CT molecular complexity index is 1130. The summed E-state index contributed by atoms with van der Waals surface area (Å²) in [6.45, 7) is 0.603. The fourth-order valence-corrected chi connectivity index (χ4v) is 7.26. The van der Waals surface area contributed by atoms with Crippen LogP contribution in [-0.2, 0) is 16.4 Å². The number of anilines is 1. The largest absolute Gasteiger partial charge is 0.454 e. The van der Waals surface area contributed by atoms with Gasteiger partial charge in [-0.1, -0.05) is 17.8 Å². The molecular formula is C20H19N3O5S2. The van der Waals surface area contributed by atoms with Crippen LogP contribution in [0.5, 0.6) is 11.5 Å². The lowest BCUT2D eigenvalue weighted by atomic mass is 10.1. The Kier molecular flexibility index (Phi) is 4.82. The molecule has 1 saturated heterocycles. The highest BCUT2D eigenvalue weighted by Gasteiger charge is 2.42. The van der Waals surface area contributed by atoms with Crippen LogP contribution < -0.4 is 20.1 Å². The van der Waals surface area contributed by atoms with Gasteiger partial charge in [-0.15, -0.1) is 0 Å². The van der Waals surface area contributed by atoms with Gasteiger partial charge in [0, 0.05) is 23.0 Å². The minimum absolute atomic E-state index is 0.00118. The lowest BCUT2D eigenvalue weighted by Gasteiger charge is -2.09. The molecule has 10 heteroatoms. The number of fused-ring (bicyclic) bond motifs is 2. The molecule has 3 aliphatic heterocycles. The van der Waals surface area contributed by atoms with Crippen LogP contribution in [-0.4, -0.2) is 49.1 Å². The second-order valence-corrected chi connectivity index (χ2v) is 10.7. The molecule has 2 N–H and O–H groups in total. The monoisotopic (exact) mass is 445 g/mol. The van der Waals surface area contributed by atoms with E-state index in [1.165, 1.54) is 11.8 Å². The van der Waals surface area contributed by atoms with E-state index in [9.17, 15) is 13.2 Å². The molecular weight excluding hydrogens is 426 g/mol. The molecule has 0 unspecified atom stereocenters. The molecule has 2 atom stereocenters. The van der Waals surface area contributed by atoms with Crippen molar-refractivity contribution in [2.24, 2.45) is 4.99 Å². The highest BCUT2D eigenvalue weighted by Crippen LogP contribution is 2.35. The molecule has 0 aromatic heterocycles. The highest BCUT2D eigenvalue weighted by atomic mass is 32.2. The Morgan fingerprint density at radius 3 is 2.70 bits per heavy atom. The summed E-state index contributed by atoms with van der Waals surface area (Å²) in [5.74, 6) is 1.53. The number of benzene rings is 2. The SMILES string of the molecule is O=C(NCc1ccc2c(c1)OCO2)c1ccc(NC2=N[C@H]3CS(=O)(=O)C[C@H]3S2)cc1. The van der Waals surface area contributed by atoms with Gasteiger partial charge in [-0.25, -0.2) is 8.42 Å². The molecule has 0 radical (unpaired) electrons. The summed E-state index contributed by atoms with van der Waals surface area (Å²) in [5, 5.41) is 6.82. The third kappa shape index (κ3) is 3.97. The molecule has 2 aromatic carbocycles. The number of sulfone groups is 1. The van der Waals surface area contributed by atoms with Gasteiger partial charge < -0.3 is 20.1 Å². The lowest BCUT2D eigenvalue weighted by Crippen LogP contribution is -2.22. The van der Waals surface area contributed by atoms with Gasteiger partial charge in [-0.2, -0.15) is 0 Å². The third-order valence-electron chi connectivity index (χ3n) is 5.11.